The van der Waals surface area contributed by atoms with Crippen molar-refractivity contribution in [3.05, 3.63) is 69.9 Å². The van der Waals surface area contributed by atoms with Crippen molar-refractivity contribution in [2.24, 2.45) is 0 Å². The van der Waals surface area contributed by atoms with Crippen molar-refractivity contribution in [3.8, 4) is 27.5 Å². The summed E-state index contributed by atoms with van der Waals surface area (Å²) in [5.74, 6) is 0.129. The highest BCUT2D eigenvalue weighted by molar-refractivity contribution is 7.12. The average Bonchev–Trinajstić information content (AvgIpc) is 3.22. The average molecular weight is 405 g/mol. The van der Waals surface area contributed by atoms with Gasteiger partial charge in [-0.25, -0.2) is 9.37 Å². The molecule has 130 valence electrons. The highest BCUT2D eigenvalue weighted by Gasteiger charge is 2.15. The number of nitrogens with zero attached hydrogens (tertiary/aromatic N) is 3. The van der Waals surface area contributed by atoms with Gasteiger partial charge in [0.05, 0.1) is 16.9 Å². The monoisotopic (exact) mass is 404 g/mol. The lowest BCUT2D eigenvalue weighted by Gasteiger charge is -2.03. The molecule has 0 unspecified atom stereocenters. The zero-order chi connectivity index (χ0) is 18.3. The van der Waals surface area contributed by atoms with Crippen LogP contribution in [0.1, 0.15) is 0 Å². The van der Waals surface area contributed by atoms with E-state index in [2.05, 4.69) is 10.1 Å². The summed E-state index contributed by atoms with van der Waals surface area (Å²) in [4.78, 5) is 4.57. The molecule has 0 aliphatic rings. The first-order valence-corrected chi connectivity index (χ1v) is 9.17. The smallest absolute Gasteiger partial charge is 0.212 e. The van der Waals surface area contributed by atoms with Crippen LogP contribution >= 0.6 is 34.5 Å². The fourth-order valence-corrected chi connectivity index (χ4v) is 3.84. The van der Waals surface area contributed by atoms with Crippen molar-refractivity contribution < 1.29 is 4.39 Å². The van der Waals surface area contributed by atoms with E-state index in [0.717, 1.165) is 11.1 Å². The normalized spacial score (nSPS) is 11.0. The lowest BCUT2D eigenvalue weighted by Crippen LogP contribution is -2.01. The zero-order valence-electron chi connectivity index (χ0n) is 13.2. The number of rotatable bonds is 3. The van der Waals surface area contributed by atoms with Gasteiger partial charge >= 0.3 is 0 Å². The molecule has 0 saturated carbocycles. The van der Waals surface area contributed by atoms with Gasteiger partial charge in [0.1, 0.15) is 11.6 Å². The van der Waals surface area contributed by atoms with Gasteiger partial charge in [-0.3, -0.25) is 0 Å². The molecule has 4 nitrogen and oxygen atoms in total. The predicted molar refractivity (Wildman–Crippen MR) is 104 cm³/mol. The van der Waals surface area contributed by atoms with Gasteiger partial charge in [-0.05, 0) is 35.9 Å². The largest absolute Gasteiger partial charge is 0.383 e. The molecule has 2 heterocycles. The first-order chi connectivity index (χ1) is 12.5. The predicted octanol–water partition coefficient (Wildman–Crippen LogP) is 5.69. The molecule has 0 radical (unpaired) electrons. The van der Waals surface area contributed by atoms with E-state index in [1.807, 2.05) is 11.4 Å². The number of hydrogen-bond donors (Lipinski definition) is 1. The summed E-state index contributed by atoms with van der Waals surface area (Å²) in [6.07, 6.45) is 1.64. The number of nitrogen functional groups attached to an aromatic ring is 1. The van der Waals surface area contributed by atoms with Crippen LogP contribution in [0.3, 0.4) is 0 Å². The Morgan fingerprint density at radius 2 is 1.81 bits per heavy atom. The van der Waals surface area contributed by atoms with Crippen molar-refractivity contribution in [3.63, 3.8) is 0 Å². The Labute approximate surface area is 162 Å². The Morgan fingerprint density at radius 3 is 2.54 bits per heavy atom. The maximum Gasteiger partial charge on any atom is 0.212 e. The zero-order valence-corrected chi connectivity index (χ0v) is 15.5. The molecule has 0 aliphatic carbocycles. The number of anilines is 1. The summed E-state index contributed by atoms with van der Waals surface area (Å²) in [5.41, 5.74) is 9.23. The topological polar surface area (TPSA) is 56.7 Å². The summed E-state index contributed by atoms with van der Waals surface area (Å²) in [7, 11) is 0. The van der Waals surface area contributed by atoms with Gasteiger partial charge in [-0.2, -0.15) is 9.78 Å². The molecule has 0 fully saturated rings. The molecule has 0 bridgehead atoms. The van der Waals surface area contributed by atoms with Crippen LogP contribution in [0.4, 0.5) is 10.2 Å². The Kier molecular flexibility index (Phi) is 4.40. The number of halogens is 3. The fourth-order valence-electron chi connectivity index (χ4n) is 2.54. The van der Waals surface area contributed by atoms with E-state index in [4.69, 9.17) is 28.9 Å². The van der Waals surface area contributed by atoms with Crippen LogP contribution in [0.15, 0.2) is 54.0 Å². The lowest BCUT2D eigenvalue weighted by atomic mass is 10.1. The molecule has 4 aromatic rings. The van der Waals surface area contributed by atoms with Crippen molar-refractivity contribution in [1.29, 1.82) is 0 Å². The van der Waals surface area contributed by atoms with Gasteiger partial charge in [0.15, 0.2) is 0 Å². The third-order valence-corrected chi connectivity index (χ3v) is 5.21. The van der Waals surface area contributed by atoms with Crippen LogP contribution in [0.2, 0.25) is 10.0 Å². The van der Waals surface area contributed by atoms with Gasteiger partial charge in [-0.15, -0.1) is 11.3 Å². The molecule has 4 rings (SSSR count). The molecule has 0 atom stereocenters. The minimum Gasteiger partial charge on any atom is -0.383 e. The SMILES string of the molecule is Nc1c(-c2ccc(F)cc2)cnn1-c1nc(-c2ccc(Cl)cc2Cl)cs1. The van der Waals surface area contributed by atoms with E-state index in [1.54, 1.807) is 35.1 Å². The lowest BCUT2D eigenvalue weighted by molar-refractivity contribution is 0.628. The summed E-state index contributed by atoms with van der Waals surface area (Å²) >= 11 is 13.6. The molecule has 0 saturated heterocycles. The van der Waals surface area contributed by atoms with Crippen molar-refractivity contribution in [1.82, 2.24) is 14.8 Å². The molecule has 0 aliphatic heterocycles. The van der Waals surface area contributed by atoms with Crippen LogP contribution < -0.4 is 5.73 Å². The van der Waals surface area contributed by atoms with E-state index < -0.39 is 0 Å². The molecule has 0 amide bonds. The number of aromatic nitrogens is 3. The van der Waals surface area contributed by atoms with E-state index in [9.17, 15) is 4.39 Å². The number of thiazole rings is 1. The number of benzene rings is 2. The standard InChI is InChI=1S/C18H11Cl2FN4S/c19-11-3-6-13(15(20)7-11)16-9-26-18(24-16)25-17(22)14(8-23-25)10-1-4-12(21)5-2-10/h1-9H,22H2. The highest BCUT2D eigenvalue weighted by Crippen LogP contribution is 2.34. The molecule has 2 aromatic heterocycles. The Bertz CT molecular complexity index is 1090. The second-order valence-electron chi connectivity index (χ2n) is 5.50. The Morgan fingerprint density at radius 1 is 1.04 bits per heavy atom. The van der Waals surface area contributed by atoms with Gasteiger partial charge in [0.2, 0.25) is 5.13 Å². The van der Waals surface area contributed by atoms with Crippen LogP contribution in [0.5, 0.6) is 0 Å². The van der Waals surface area contributed by atoms with Crippen LogP contribution in [0, 0.1) is 5.82 Å². The minimum absolute atomic E-state index is 0.302. The maximum absolute atomic E-state index is 13.1. The first kappa shape index (κ1) is 17.0. The summed E-state index contributed by atoms with van der Waals surface area (Å²) < 4.78 is 14.7. The van der Waals surface area contributed by atoms with Gasteiger partial charge < -0.3 is 5.73 Å². The van der Waals surface area contributed by atoms with Gasteiger partial charge in [-0.1, -0.05) is 35.3 Å². The third kappa shape index (κ3) is 3.07. The molecule has 26 heavy (non-hydrogen) atoms. The Balaban J connectivity index is 1.71. The highest BCUT2D eigenvalue weighted by atomic mass is 35.5. The molecule has 2 N–H and O–H groups in total. The van der Waals surface area contributed by atoms with Crippen LogP contribution in [0.25, 0.3) is 27.5 Å². The van der Waals surface area contributed by atoms with Gasteiger partial charge in [0.25, 0.3) is 0 Å². The van der Waals surface area contributed by atoms with Crippen molar-refractivity contribution >= 4 is 40.4 Å². The maximum atomic E-state index is 13.1. The second-order valence-corrected chi connectivity index (χ2v) is 7.18. The van der Waals surface area contributed by atoms with Gasteiger partial charge in [0, 0.05) is 21.5 Å². The van der Waals surface area contributed by atoms with Crippen LogP contribution in [-0.4, -0.2) is 14.8 Å². The summed E-state index contributed by atoms with van der Waals surface area (Å²) in [6, 6.07) is 11.3. The Hall–Kier alpha value is -2.41. The second kappa shape index (κ2) is 6.72. The van der Waals surface area contributed by atoms with E-state index in [-0.39, 0.29) is 5.82 Å². The molecule has 8 heteroatoms. The molecular weight excluding hydrogens is 394 g/mol. The molecule has 2 aromatic carbocycles. The minimum atomic E-state index is -0.302. The summed E-state index contributed by atoms with van der Waals surface area (Å²) in [6.45, 7) is 0. The van der Waals surface area contributed by atoms with E-state index in [0.29, 0.717) is 32.3 Å². The van der Waals surface area contributed by atoms with E-state index >= 15 is 0 Å². The molecule has 0 spiro atoms. The van der Waals surface area contributed by atoms with Crippen LogP contribution in [-0.2, 0) is 0 Å². The van der Waals surface area contributed by atoms with E-state index in [1.165, 1.54) is 23.5 Å². The number of hydrogen-bond acceptors (Lipinski definition) is 4. The first-order valence-electron chi connectivity index (χ1n) is 7.53. The third-order valence-electron chi connectivity index (χ3n) is 3.84. The number of nitrogens with two attached hydrogens (primary N) is 1. The van der Waals surface area contributed by atoms with Crippen molar-refractivity contribution in [2.75, 3.05) is 5.73 Å². The quantitative estimate of drug-likeness (QED) is 0.476. The fraction of sp³-hybridized carbons (Fsp3) is 0. The summed E-state index contributed by atoms with van der Waals surface area (Å²) in [5, 5.41) is 7.89. The van der Waals surface area contributed by atoms with Crippen molar-refractivity contribution in [2.45, 2.75) is 0 Å². The molecular formula is C18H11Cl2FN4S.